The third-order valence-corrected chi connectivity index (χ3v) is 3.99. The van der Waals surface area contributed by atoms with Crippen LogP contribution in [0.1, 0.15) is 24.8 Å². The van der Waals surface area contributed by atoms with Crippen LogP contribution in [0.25, 0.3) is 0 Å². The Labute approximate surface area is 122 Å². The van der Waals surface area contributed by atoms with Gasteiger partial charge in [-0.25, -0.2) is 0 Å². The molecule has 1 aromatic rings. The maximum atomic E-state index is 11.6. The molecule has 2 rings (SSSR count). The lowest BCUT2D eigenvalue weighted by molar-refractivity contribution is -0.120. The van der Waals surface area contributed by atoms with E-state index in [4.69, 9.17) is 4.74 Å². The minimum Gasteiger partial charge on any atom is -0.381 e. The monoisotopic (exact) mass is 326 g/mol. The zero-order valence-electron chi connectivity index (χ0n) is 11.0. The highest BCUT2D eigenvalue weighted by atomic mass is 79.9. The molecule has 0 aliphatic carbocycles. The summed E-state index contributed by atoms with van der Waals surface area (Å²) < 4.78 is 6.26. The van der Waals surface area contributed by atoms with Crippen molar-refractivity contribution in [2.45, 2.75) is 31.9 Å². The van der Waals surface area contributed by atoms with Crippen molar-refractivity contribution in [1.29, 1.82) is 0 Å². The maximum Gasteiger partial charge on any atom is 0.222 e. The van der Waals surface area contributed by atoms with Gasteiger partial charge in [0.1, 0.15) is 0 Å². The lowest BCUT2D eigenvalue weighted by atomic mass is 10.1. The lowest BCUT2D eigenvalue weighted by Crippen LogP contribution is -2.27. The number of halogens is 1. The highest BCUT2D eigenvalue weighted by molar-refractivity contribution is 9.10. The second kappa shape index (κ2) is 6.91. The minimum atomic E-state index is 0.123. The number of carbonyl (C=O) groups is 1. The van der Waals surface area contributed by atoms with E-state index in [-0.39, 0.29) is 11.9 Å². The summed E-state index contributed by atoms with van der Waals surface area (Å²) in [6, 6.07) is 6.20. The quantitative estimate of drug-likeness (QED) is 0.894. The molecule has 5 heteroatoms. The standard InChI is InChI=1S/C14H19BrN2O2/c1-19-9-11-12(15)5-2-6-13(11)17-10-4-3-7-16-14(18)8-10/h2,5-6,10,17H,3-4,7-9H2,1H3,(H,16,18). The second-order valence-electron chi connectivity index (χ2n) is 4.74. The van der Waals surface area contributed by atoms with Gasteiger partial charge in [-0.3, -0.25) is 4.79 Å². The Morgan fingerprint density at radius 3 is 3.16 bits per heavy atom. The molecule has 2 N–H and O–H groups in total. The first-order chi connectivity index (χ1) is 9.20. The Morgan fingerprint density at radius 1 is 1.53 bits per heavy atom. The molecular formula is C14H19BrN2O2. The fourth-order valence-corrected chi connectivity index (χ4v) is 2.78. The van der Waals surface area contributed by atoms with Crippen molar-refractivity contribution in [3.63, 3.8) is 0 Å². The highest BCUT2D eigenvalue weighted by Crippen LogP contribution is 2.27. The number of methoxy groups -OCH3 is 1. The number of nitrogens with one attached hydrogen (secondary N) is 2. The van der Waals surface area contributed by atoms with E-state index in [0.29, 0.717) is 13.0 Å². The van der Waals surface area contributed by atoms with Crippen LogP contribution in [-0.4, -0.2) is 25.6 Å². The van der Waals surface area contributed by atoms with Crippen LogP contribution in [0.3, 0.4) is 0 Å². The molecule has 19 heavy (non-hydrogen) atoms. The summed E-state index contributed by atoms with van der Waals surface area (Å²) in [6.45, 7) is 1.32. The van der Waals surface area contributed by atoms with Crippen LogP contribution in [-0.2, 0) is 16.1 Å². The molecule has 1 aliphatic heterocycles. The van der Waals surface area contributed by atoms with Gasteiger partial charge in [0.2, 0.25) is 5.91 Å². The number of carbonyl (C=O) groups excluding carboxylic acids is 1. The largest absolute Gasteiger partial charge is 0.381 e. The topological polar surface area (TPSA) is 50.4 Å². The lowest BCUT2D eigenvalue weighted by Gasteiger charge is -2.20. The predicted molar refractivity (Wildman–Crippen MR) is 79.1 cm³/mol. The van der Waals surface area contributed by atoms with Gasteiger partial charge >= 0.3 is 0 Å². The van der Waals surface area contributed by atoms with Crippen molar-refractivity contribution in [1.82, 2.24) is 5.32 Å². The van der Waals surface area contributed by atoms with Gasteiger partial charge in [-0.05, 0) is 25.0 Å². The van der Waals surface area contributed by atoms with Crippen LogP contribution in [0.5, 0.6) is 0 Å². The highest BCUT2D eigenvalue weighted by Gasteiger charge is 2.18. The van der Waals surface area contributed by atoms with Crippen LogP contribution in [0.2, 0.25) is 0 Å². The van der Waals surface area contributed by atoms with Crippen LogP contribution in [0, 0.1) is 0 Å². The van der Waals surface area contributed by atoms with E-state index < -0.39 is 0 Å². The summed E-state index contributed by atoms with van der Waals surface area (Å²) in [7, 11) is 1.68. The molecule has 1 atom stereocenters. The summed E-state index contributed by atoms with van der Waals surface area (Å²) in [5.74, 6) is 0.123. The molecule has 1 unspecified atom stereocenters. The van der Waals surface area contributed by atoms with Crippen LogP contribution in [0.15, 0.2) is 22.7 Å². The Balaban J connectivity index is 2.13. The van der Waals surface area contributed by atoms with E-state index in [9.17, 15) is 4.79 Å². The summed E-state index contributed by atoms with van der Waals surface area (Å²) in [4.78, 5) is 11.6. The first kappa shape index (κ1) is 14.3. The zero-order chi connectivity index (χ0) is 13.7. The predicted octanol–water partition coefficient (Wildman–Crippen LogP) is 2.68. The number of amides is 1. The van der Waals surface area contributed by atoms with E-state index in [1.54, 1.807) is 7.11 Å². The van der Waals surface area contributed by atoms with Gasteiger partial charge < -0.3 is 15.4 Å². The minimum absolute atomic E-state index is 0.123. The molecule has 4 nitrogen and oxygen atoms in total. The van der Waals surface area contributed by atoms with Gasteiger partial charge in [0.15, 0.2) is 0 Å². The van der Waals surface area contributed by atoms with Crippen LogP contribution in [0.4, 0.5) is 5.69 Å². The third-order valence-electron chi connectivity index (χ3n) is 3.25. The molecule has 104 valence electrons. The van der Waals surface area contributed by atoms with Gasteiger partial charge in [0.25, 0.3) is 0 Å². The van der Waals surface area contributed by atoms with E-state index >= 15 is 0 Å². The number of hydrogen-bond donors (Lipinski definition) is 2. The first-order valence-electron chi connectivity index (χ1n) is 6.50. The normalized spacial score (nSPS) is 19.7. The fourth-order valence-electron chi connectivity index (χ4n) is 2.30. The molecule has 0 radical (unpaired) electrons. The molecular weight excluding hydrogens is 308 g/mol. The molecule has 1 fully saturated rings. The molecule has 0 spiro atoms. The number of ether oxygens (including phenoxy) is 1. The van der Waals surface area contributed by atoms with Gasteiger partial charge in [0.05, 0.1) is 6.61 Å². The van der Waals surface area contributed by atoms with Gasteiger partial charge in [0, 0.05) is 41.8 Å². The molecule has 1 saturated heterocycles. The van der Waals surface area contributed by atoms with E-state index in [1.165, 1.54) is 0 Å². The number of benzene rings is 1. The summed E-state index contributed by atoms with van der Waals surface area (Å²) in [5, 5.41) is 6.37. The van der Waals surface area contributed by atoms with Crippen molar-refractivity contribution in [3.8, 4) is 0 Å². The second-order valence-corrected chi connectivity index (χ2v) is 5.59. The molecule has 0 bridgehead atoms. The Kier molecular flexibility index (Phi) is 5.22. The van der Waals surface area contributed by atoms with Crippen molar-refractivity contribution < 1.29 is 9.53 Å². The molecule has 1 aliphatic rings. The Morgan fingerprint density at radius 2 is 2.37 bits per heavy atom. The SMILES string of the molecule is COCc1c(Br)cccc1NC1CCCNC(=O)C1. The Bertz CT molecular complexity index is 451. The van der Waals surface area contributed by atoms with E-state index in [1.807, 2.05) is 18.2 Å². The van der Waals surface area contributed by atoms with Crippen LogP contribution < -0.4 is 10.6 Å². The fraction of sp³-hybridized carbons (Fsp3) is 0.500. The number of rotatable bonds is 4. The number of anilines is 1. The van der Waals surface area contributed by atoms with Gasteiger partial charge in [-0.2, -0.15) is 0 Å². The van der Waals surface area contributed by atoms with Crippen molar-refractivity contribution >= 4 is 27.5 Å². The van der Waals surface area contributed by atoms with Crippen molar-refractivity contribution in [2.24, 2.45) is 0 Å². The van der Waals surface area contributed by atoms with Gasteiger partial charge in [-0.1, -0.05) is 22.0 Å². The average molecular weight is 327 g/mol. The van der Waals surface area contributed by atoms with E-state index in [2.05, 4.69) is 26.6 Å². The summed E-state index contributed by atoms with van der Waals surface area (Å²) in [5.41, 5.74) is 2.13. The van der Waals surface area contributed by atoms with Crippen molar-refractivity contribution in [3.05, 3.63) is 28.2 Å². The Hall–Kier alpha value is -1.07. The summed E-state index contributed by atoms with van der Waals surface area (Å²) in [6.07, 6.45) is 2.54. The number of hydrogen-bond acceptors (Lipinski definition) is 3. The molecule has 1 aromatic carbocycles. The molecule has 0 aromatic heterocycles. The average Bonchev–Trinajstić information content (AvgIpc) is 2.58. The third kappa shape index (κ3) is 3.94. The first-order valence-corrected chi connectivity index (χ1v) is 7.29. The smallest absolute Gasteiger partial charge is 0.222 e. The molecule has 0 saturated carbocycles. The zero-order valence-corrected chi connectivity index (χ0v) is 12.6. The maximum absolute atomic E-state index is 11.6. The van der Waals surface area contributed by atoms with Crippen molar-refractivity contribution in [2.75, 3.05) is 19.0 Å². The summed E-state index contributed by atoms with van der Waals surface area (Å²) >= 11 is 3.54. The molecule has 1 heterocycles. The van der Waals surface area contributed by atoms with E-state index in [0.717, 1.165) is 35.1 Å². The van der Waals surface area contributed by atoms with Crippen LogP contribution >= 0.6 is 15.9 Å². The molecule has 1 amide bonds. The van der Waals surface area contributed by atoms with Gasteiger partial charge in [-0.15, -0.1) is 0 Å².